The lowest BCUT2D eigenvalue weighted by molar-refractivity contribution is -0.118. The fourth-order valence-electron chi connectivity index (χ4n) is 2.13. The van der Waals surface area contributed by atoms with Crippen LogP contribution in [0.3, 0.4) is 0 Å². The highest BCUT2D eigenvalue weighted by atomic mass is 79.9. The Bertz CT molecular complexity index is 461. The molecular formula is C13H16Br2N2O. The Morgan fingerprint density at radius 1 is 1.39 bits per heavy atom. The molecule has 1 aromatic carbocycles. The molecule has 0 radical (unpaired) electrons. The SMILES string of the molecule is Cc1cc(Br)c(NC(=O)CC2(N)CCC2)c(Br)c1. The van der Waals surface area contributed by atoms with Crippen LogP contribution in [-0.4, -0.2) is 11.4 Å². The van der Waals surface area contributed by atoms with Gasteiger partial charge >= 0.3 is 0 Å². The number of aryl methyl sites for hydroxylation is 1. The van der Waals surface area contributed by atoms with Crippen molar-refractivity contribution in [2.45, 2.75) is 38.1 Å². The quantitative estimate of drug-likeness (QED) is 0.845. The number of hydrogen-bond donors (Lipinski definition) is 2. The number of nitrogens with two attached hydrogens (primary N) is 1. The van der Waals surface area contributed by atoms with Crippen molar-refractivity contribution in [2.24, 2.45) is 5.73 Å². The summed E-state index contributed by atoms with van der Waals surface area (Å²) in [6, 6.07) is 3.95. The van der Waals surface area contributed by atoms with Crippen molar-refractivity contribution in [1.29, 1.82) is 0 Å². The zero-order chi connectivity index (χ0) is 13.3. The number of nitrogens with one attached hydrogen (secondary N) is 1. The Balaban J connectivity index is 2.07. The predicted molar refractivity (Wildman–Crippen MR) is 80.6 cm³/mol. The lowest BCUT2D eigenvalue weighted by atomic mass is 9.75. The molecule has 1 aromatic rings. The second-order valence-corrected chi connectivity index (χ2v) is 6.75. The standard InChI is InChI=1S/C13H16Br2N2O/c1-8-5-9(14)12(10(15)6-8)17-11(18)7-13(16)3-2-4-13/h5-6H,2-4,7,16H2,1H3,(H,17,18). The molecule has 1 saturated carbocycles. The van der Waals surface area contributed by atoms with Crippen molar-refractivity contribution < 1.29 is 4.79 Å². The summed E-state index contributed by atoms with van der Waals surface area (Å²) in [6.07, 6.45) is 3.40. The maximum Gasteiger partial charge on any atom is 0.226 e. The summed E-state index contributed by atoms with van der Waals surface area (Å²) in [5, 5.41) is 2.92. The van der Waals surface area contributed by atoms with E-state index in [-0.39, 0.29) is 11.4 Å². The topological polar surface area (TPSA) is 55.1 Å². The van der Waals surface area contributed by atoms with Gasteiger partial charge in [-0.05, 0) is 75.7 Å². The molecule has 1 fully saturated rings. The molecule has 1 amide bonds. The van der Waals surface area contributed by atoms with Gasteiger partial charge in [-0.3, -0.25) is 4.79 Å². The zero-order valence-electron chi connectivity index (χ0n) is 10.2. The second kappa shape index (κ2) is 5.31. The summed E-state index contributed by atoms with van der Waals surface area (Å²) < 4.78 is 1.75. The molecule has 1 aliphatic rings. The number of carbonyl (C=O) groups excluding carboxylic acids is 1. The van der Waals surface area contributed by atoms with Gasteiger partial charge in [0.1, 0.15) is 0 Å². The Hall–Kier alpha value is -0.390. The van der Waals surface area contributed by atoms with Crippen LogP contribution in [0.5, 0.6) is 0 Å². The fourth-order valence-corrected chi connectivity index (χ4v) is 3.74. The summed E-state index contributed by atoms with van der Waals surface area (Å²) >= 11 is 6.92. The molecule has 0 atom stereocenters. The molecule has 1 aliphatic carbocycles. The number of halogens is 2. The predicted octanol–water partition coefficient (Wildman–Crippen LogP) is 3.73. The molecule has 0 aliphatic heterocycles. The van der Waals surface area contributed by atoms with E-state index in [2.05, 4.69) is 37.2 Å². The minimum atomic E-state index is -0.284. The summed E-state index contributed by atoms with van der Waals surface area (Å²) in [6.45, 7) is 2.00. The first-order chi connectivity index (χ1) is 8.39. The van der Waals surface area contributed by atoms with Gasteiger partial charge in [-0.25, -0.2) is 0 Å². The highest BCUT2D eigenvalue weighted by molar-refractivity contribution is 9.11. The average molecular weight is 376 g/mol. The van der Waals surface area contributed by atoms with E-state index in [0.29, 0.717) is 6.42 Å². The highest BCUT2D eigenvalue weighted by Crippen LogP contribution is 2.35. The Morgan fingerprint density at radius 3 is 2.39 bits per heavy atom. The van der Waals surface area contributed by atoms with Crippen molar-refractivity contribution in [3.05, 3.63) is 26.6 Å². The third-order valence-corrected chi connectivity index (χ3v) is 4.56. The molecule has 0 saturated heterocycles. The zero-order valence-corrected chi connectivity index (χ0v) is 13.4. The molecule has 0 unspecified atom stereocenters. The minimum absolute atomic E-state index is 0.0255. The third kappa shape index (κ3) is 3.13. The van der Waals surface area contributed by atoms with Gasteiger partial charge in [0.05, 0.1) is 5.69 Å². The Morgan fingerprint density at radius 2 is 1.94 bits per heavy atom. The van der Waals surface area contributed by atoms with Crippen molar-refractivity contribution in [2.75, 3.05) is 5.32 Å². The monoisotopic (exact) mass is 374 g/mol. The molecule has 0 spiro atoms. The van der Waals surface area contributed by atoms with Gasteiger partial charge in [-0.2, -0.15) is 0 Å². The lowest BCUT2D eigenvalue weighted by Gasteiger charge is -2.37. The van der Waals surface area contributed by atoms with Crippen molar-refractivity contribution in [3.8, 4) is 0 Å². The molecule has 3 N–H and O–H groups in total. The molecule has 2 rings (SSSR count). The summed E-state index contributed by atoms with van der Waals surface area (Å²) in [4.78, 5) is 12.0. The highest BCUT2D eigenvalue weighted by Gasteiger charge is 2.34. The average Bonchev–Trinajstić information content (AvgIpc) is 2.21. The minimum Gasteiger partial charge on any atom is -0.325 e. The molecule has 0 aromatic heterocycles. The van der Waals surface area contributed by atoms with Crippen LogP contribution in [0.1, 0.15) is 31.2 Å². The van der Waals surface area contributed by atoms with E-state index in [4.69, 9.17) is 5.73 Å². The van der Waals surface area contributed by atoms with Gasteiger partial charge < -0.3 is 11.1 Å². The van der Waals surface area contributed by atoms with Crippen molar-refractivity contribution >= 4 is 43.5 Å². The summed E-state index contributed by atoms with van der Waals surface area (Å²) in [5.41, 5.74) is 7.69. The van der Waals surface area contributed by atoms with Crippen LogP contribution < -0.4 is 11.1 Å². The maximum atomic E-state index is 12.0. The van der Waals surface area contributed by atoms with Crippen LogP contribution in [0.25, 0.3) is 0 Å². The number of carbonyl (C=O) groups is 1. The maximum absolute atomic E-state index is 12.0. The largest absolute Gasteiger partial charge is 0.325 e. The normalized spacial score (nSPS) is 17.1. The van der Waals surface area contributed by atoms with Gasteiger partial charge in [-0.15, -0.1) is 0 Å². The molecule has 3 nitrogen and oxygen atoms in total. The molecule has 98 valence electrons. The smallest absolute Gasteiger partial charge is 0.226 e. The van der Waals surface area contributed by atoms with Gasteiger partial charge in [0.15, 0.2) is 0 Å². The van der Waals surface area contributed by atoms with Gasteiger partial charge in [0.25, 0.3) is 0 Å². The van der Waals surface area contributed by atoms with E-state index in [0.717, 1.165) is 39.5 Å². The van der Waals surface area contributed by atoms with E-state index >= 15 is 0 Å². The van der Waals surface area contributed by atoms with Gasteiger partial charge in [0.2, 0.25) is 5.91 Å². The first-order valence-corrected chi connectivity index (χ1v) is 7.53. The number of hydrogen-bond acceptors (Lipinski definition) is 2. The molecular weight excluding hydrogens is 360 g/mol. The van der Waals surface area contributed by atoms with Crippen LogP contribution in [-0.2, 0) is 4.79 Å². The molecule has 0 bridgehead atoms. The number of benzene rings is 1. The number of amides is 1. The first kappa shape index (κ1) is 14.0. The van der Waals surface area contributed by atoms with E-state index in [1.54, 1.807) is 0 Å². The van der Waals surface area contributed by atoms with Gasteiger partial charge in [-0.1, -0.05) is 0 Å². The van der Waals surface area contributed by atoms with E-state index in [9.17, 15) is 4.79 Å². The van der Waals surface area contributed by atoms with Crippen molar-refractivity contribution in [1.82, 2.24) is 0 Å². The Kier molecular flexibility index (Phi) is 4.14. The summed E-state index contributed by atoms with van der Waals surface area (Å²) in [5.74, 6) is -0.0255. The second-order valence-electron chi connectivity index (χ2n) is 5.04. The van der Waals surface area contributed by atoms with E-state index in [1.165, 1.54) is 0 Å². The summed E-state index contributed by atoms with van der Waals surface area (Å²) in [7, 11) is 0. The lowest BCUT2D eigenvalue weighted by Crippen LogP contribution is -2.48. The first-order valence-electron chi connectivity index (χ1n) is 5.94. The van der Waals surface area contributed by atoms with Gasteiger partial charge in [0, 0.05) is 20.9 Å². The van der Waals surface area contributed by atoms with Crippen molar-refractivity contribution in [3.63, 3.8) is 0 Å². The van der Waals surface area contributed by atoms with Crippen LogP contribution in [0.4, 0.5) is 5.69 Å². The number of anilines is 1. The molecule has 18 heavy (non-hydrogen) atoms. The van der Waals surface area contributed by atoms with Crippen LogP contribution in [0.15, 0.2) is 21.1 Å². The van der Waals surface area contributed by atoms with E-state index < -0.39 is 0 Å². The Labute approximate surface area is 124 Å². The third-order valence-electron chi connectivity index (χ3n) is 3.31. The van der Waals surface area contributed by atoms with Crippen LogP contribution in [0, 0.1) is 6.92 Å². The molecule has 5 heteroatoms. The van der Waals surface area contributed by atoms with Crippen LogP contribution >= 0.6 is 31.9 Å². The number of rotatable bonds is 3. The molecule has 0 heterocycles. The fraction of sp³-hybridized carbons (Fsp3) is 0.462. The van der Waals surface area contributed by atoms with E-state index in [1.807, 2.05) is 19.1 Å². The van der Waals surface area contributed by atoms with Crippen LogP contribution in [0.2, 0.25) is 0 Å².